The van der Waals surface area contributed by atoms with Crippen molar-refractivity contribution in [2.75, 3.05) is 36.0 Å². The molecule has 13 nitrogen and oxygen atoms in total. The molecule has 0 saturated carbocycles. The molecule has 3 aromatic heterocycles. The van der Waals surface area contributed by atoms with Gasteiger partial charge in [-0.2, -0.15) is 38.3 Å². The van der Waals surface area contributed by atoms with Gasteiger partial charge >= 0.3 is 6.18 Å². The number of nitrogens with zero attached hydrogens (tertiary/aromatic N) is 11. The third-order valence-electron chi connectivity index (χ3n) is 7.99. The topological polar surface area (TPSA) is 142 Å². The van der Waals surface area contributed by atoms with Gasteiger partial charge in [0.25, 0.3) is 5.56 Å². The number of aryl methyl sites for hydroxylation is 2. The molecule has 16 heteroatoms. The molecule has 0 bridgehead atoms. The number of aromatic nitrogens is 7. The second-order valence-corrected chi connectivity index (χ2v) is 10.9. The van der Waals surface area contributed by atoms with Gasteiger partial charge in [-0.3, -0.25) is 9.59 Å². The second kappa shape index (κ2) is 11.3. The van der Waals surface area contributed by atoms with E-state index >= 15 is 0 Å². The van der Waals surface area contributed by atoms with E-state index in [2.05, 4.69) is 32.8 Å². The first-order chi connectivity index (χ1) is 21.5. The number of amides is 1. The van der Waals surface area contributed by atoms with Crippen LogP contribution in [0.1, 0.15) is 29.2 Å². The van der Waals surface area contributed by atoms with E-state index in [-0.39, 0.29) is 47.8 Å². The maximum atomic E-state index is 14.1. The fourth-order valence-electron chi connectivity index (χ4n) is 5.91. The number of rotatable bonds is 5. The number of halogens is 3. The van der Waals surface area contributed by atoms with E-state index in [1.54, 1.807) is 16.5 Å². The summed E-state index contributed by atoms with van der Waals surface area (Å²) in [4.78, 5) is 45.7. The zero-order valence-corrected chi connectivity index (χ0v) is 24.5. The molecule has 0 N–H and O–H groups in total. The van der Waals surface area contributed by atoms with Crippen LogP contribution in [0, 0.1) is 25.2 Å². The molecule has 0 aliphatic carbocycles. The molecule has 0 unspecified atom stereocenters. The predicted molar refractivity (Wildman–Crippen MR) is 157 cm³/mol. The summed E-state index contributed by atoms with van der Waals surface area (Å²) >= 11 is 0. The Morgan fingerprint density at radius 3 is 2.64 bits per heavy atom. The maximum absolute atomic E-state index is 14.1. The lowest BCUT2D eigenvalue weighted by molar-refractivity contribution is -0.138. The number of carbonyl (C=O) groups excluding carboxylic acids is 1. The fourth-order valence-corrected chi connectivity index (χ4v) is 5.91. The molecule has 1 saturated heterocycles. The van der Waals surface area contributed by atoms with E-state index in [0.717, 1.165) is 0 Å². The van der Waals surface area contributed by atoms with Crippen LogP contribution in [0.25, 0.3) is 16.6 Å². The van der Waals surface area contributed by atoms with Crippen LogP contribution in [0.5, 0.6) is 0 Å². The lowest BCUT2D eigenvalue weighted by Gasteiger charge is -2.41. The van der Waals surface area contributed by atoms with Crippen LogP contribution in [-0.2, 0) is 24.1 Å². The van der Waals surface area contributed by atoms with Crippen LogP contribution in [0.3, 0.4) is 0 Å². The second-order valence-electron chi connectivity index (χ2n) is 10.9. The van der Waals surface area contributed by atoms with Crippen LogP contribution in [0.15, 0.2) is 41.8 Å². The first kappa shape index (κ1) is 29.7. The number of hydrogen-bond donors (Lipinski definition) is 0. The Balaban J connectivity index is 1.52. The minimum Gasteiger partial charge on any atom is -0.352 e. The van der Waals surface area contributed by atoms with Crippen molar-refractivity contribution in [3.8, 4) is 11.8 Å². The number of carbonyl (C=O) groups is 1. The Morgan fingerprint density at radius 1 is 1.13 bits per heavy atom. The van der Waals surface area contributed by atoms with E-state index in [4.69, 9.17) is 4.98 Å². The molecular formula is C29H28F3N11O2. The van der Waals surface area contributed by atoms with Gasteiger partial charge in [-0.25, -0.2) is 14.6 Å². The molecule has 45 heavy (non-hydrogen) atoms. The van der Waals surface area contributed by atoms with Crippen molar-refractivity contribution in [1.29, 1.82) is 5.26 Å². The van der Waals surface area contributed by atoms with E-state index < -0.39 is 29.0 Å². The quantitative estimate of drug-likeness (QED) is 0.306. The molecule has 232 valence electrons. The largest absolute Gasteiger partial charge is 0.418 e. The first-order valence-electron chi connectivity index (χ1n) is 14.2. The molecular weight excluding hydrogens is 591 g/mol. The number of fused-ring (bicyclic) bond motifs is 2. The molecule has 1 atom stereocenters. The van der Waals surface area contributed by atoms with Gasteiger partial charge in [0.1, 0.15) is 23.0 Å². The average molecular weight is 620 g/mol. The Morgan fingerprint density at radius 2 is 1.91 bits per heavy atom. The Labute approximate surface area is 254 Å². The Kier molecular flexibility index (Phi) is 7.47. The van der Waals surface area contributed by atoms with E-state index in [1.165, 1.54) is 37.4 Å². The van der Waals surface area contributed by atoms with Crippen LogP contribution >= 0.6 is 0 Å². The number of alkyl halides is 3. The summed E-state index contributed by atoms with van der Waals surface area (Å²) in [5, 5.41) is 18.3. The summed E-state index contributed by atoms with van der Waals surface area (Å²) in [7, 11) is 0. The maximum Gasteiger partial charge on any atom is 0.418 e. The van der Waals surface area contributed by atoms with Crippen molar-refractivity contribution < 1.29 is 18.0 Å². The highest BCUT2D eigenvalue weighted by atomic mass is 19.4. The standard InChI is InChI=1S/C29H28F3N11O2/c1-4-23(44)41-12-10-39(15-19(41)8-9-33)26-20-14-34-43(21-7-5-6-17(2)24(21)29(30,31)32)27(45)25(20)36-28(37-26)40-11-13-42-22(16-40)35-18(3)38-42/h4-7,14,19H,1,8,10-13,15-16H2,2-3H3/t19-/m0/s1. The summed E-state index contributed by atoms with van der Waals surface area (Å²) in [5.74, 6) is 1.48. The van der Waals surface area contributed by atoms with Crippen molar-refractivity contribution >= 4 is 28.6 Å². The lowest BCUT2D eigenvalue weighted by atomic mass is 10.1. The van der Waals surface area contributed by atoms with E-state index in [1.807, 2.05) is 9.80 Å². The number of anilines is 2. The van der Waals surface area contributed by atoms with Gasteiger partial charge in [0, 0.05) is 26.2 Å². The molecule has 2 aliphatic heterocycles. The SMILES string of the molecule is C=CC(=O)N1CCN(c2nc(N3CCn4nc(C)nc4C3)nc3c(=O)n(-c4cccc(C)c4C(F)(F)F)ncc23)C[C@@H]1CC#N. The zero-order valence-electron chi connectivity index (χ0n) is 24.5. The van der Waals surface area contributed by atoms with Crippen molar-refractivity contribution in [3.05, 3.63) is 70.2 Å². The number of hydrogen-bond acceptors (Lipinski definition) is 10. The highest BCUT2D eigenvalue weighted by Gasteiger charge is 2.37. The van der Waals surface area contributed by atoms with Crippen LogP contribution < -0.4 is 15.4 Å². The number of benzene rings is 1. The normalized spacial score (nSPS) is 16.9. The van der Waals surface area contributed by atoms with Gasteiger partial charge in [-0.1, -0.05) is 18.7 Å². The summed E-state index contributed by atoms with van der Waals surface area (Å²) in [6.07, 6.45) is -2.21. The van der Waals surface area contributed by atoms with Crippen molar-refractivity contribution in [2.45, 2.75) is 45.6 Å². The first-order valence-corrected chi connectivity index (χ1v) is 14.2. The summed E-state index contributed by atoms with van der Waals surface area (Å²) in [6.45, 7) is 8.65. The van der Waals surface area contributed by atoms with Gasteiger partial charge in [0.2, 0.25) is 11.9 Å². The molecule has 1 aromatic carbocycles. The van der Waals surface area contributed by atoms with Gasteiger partial charge in [0.05, 0.1) is 54.5 Å². The highest BCUT2D eigenvalue weighted by Crippen LogP contribution is 2.36. The molecule has 5 heterocycles. The smallest absolute Gasteiger partial charge is 0.352 e. The summed E-state index contributed by atoms with van der Waals surface area (Å²) in [6, 6.07) is 5.57. The molecule has 0 radical (unpaired) electrons. The van der Waals surface area contributed by atoms with Gasteiger partial charge < -0.3 is 14.7 Å². The molecule has 1 amide bonds. The third-order valence-corrected chi connectivity index (χ3v) is 7.99. The highest BCUT2D eigenvalue weighted by molar-refractivity contribution is 5.90. The van der Waals surface area contributed by atoms with E-state index in [0.29, 0.717) is 48.3 Å². The molecule has 6 rings (SSSR count). The Bertz CT molecular complexity index is 1930. The van der Waals surface area contributed by atoms with Crippen molar-refractivity contribution in [1.82, 2.24) is 39.4 Å². The molecule has 1 fully saturated rings. The average Bonchev–Trinajstić information content (AvgIpc) is 3.39. The van der Waals surface area contributed by atoms with E-state index in [9.17, 15) is 28.0 Å². The van der Waals surface area contributed by atoms with Crippen LogP contribution in [0.2, 0.25) is 0 Å². The van der Waals surface area contributed by atoms with Crippen molar-refractivity contribution in [3.63, 3.8) is 0 Å². The third kappa shape index (κ3) is 5.34. The van der Waals surface area contributed by atoms with Crippen LogP contribution in [-0.4, -0.2) is 77.5 Å². The van der Waals surface area contributed by atoms with Gasteiger partial charge in [0.15, 0.2) is 0 Å². The Hall–Kier alpha value is -5.33. The number of nitriles is 1. The molecule has 2 aliphatic rings. The lowest BCUT2D eigenvalue weighted by Crippen LogP contribution is -2.55. The molecule has 0 spiro atoms. The van der Waals surface area contributed by atoms with Gasteiger partial charge in [-0.15, -0.1) is 0 Å². The van der Waals surface area contributed by atoms with Crippen LogP contribution in [0.4, 0.5) is 24.9 Å². The van der Waals surface area contributed by atoms with Crippen molar-refractivity contribution in [2.24, 2.45) is 0 Å². The minimum absolute atomic E-state index is 0.0473. The zero-order chi connectivity index (χ0) is 32.0. The fraction of sp³-hybridized carbons (Fsp3) is 0.379. The van der Waals surface area contributed by atoms with Gasteiger partial charge in [-0.05, 0) is 31.6 Å². The monoisotopic (exact) mass is 619 g/mol. The predicted octanol–water partition coefficient (Wildman–Crippen LogP) is 2.54. The molecule has 4 aromatic rings. The summed E-state index contributed by atoms with van der Waals surface area (Å²) < 4.78 is 44.9. The summed E-state index contributed by atoms with van der Waals surface area (Å²) in [5.41, 5.74) is -2.41. The minimum atomic E-state index is -4.74. The number of piperazine rings is 1.